The van der Waals surface area contributed by atoms with E-state index in [-0.39, 0.29) is 19.3 Å². The Hall–Kier alpha value is -3.19. The summed E-state index contributed by atoms with van der Waals surface area (Å²) in [5.41, 5.74) is 1.93. The van der Waals surface area contributed by atoms with E-state index in [2.05, 4.69) is 4.90 Å². The number of alkyl halides is 2. The number of fused-ring (bicyclic) bond motifs is 1. The summed E-state index contributed by atoms with van der Waals surface area (Å²) in [6, 6.07) is 15.7. The molecule has 7 heteroatoms. The van der Waals surface area contributed by atoms with Crippen LogP contribution in [0.3, 0.4) is 0 Å². The van der Waals surface area contributed by atoms with Crippen LogP contribution in [0.2, 0.25) is 0 Å². The maximum Gasteiger partial charge on any atom is 0.303 e. The Morgan fingerprint density at radius 2 is 1.71 bits per heavy atom. The van der Waals surface area contributed by atoms with E-state index in [1.165, 1.54) is 0 Å². The second kappa shape index (κ2) is 10.6. The molecular formula is C28H31F2NO4. The molecular weight excluding hydrogens is 452 g/mol. The molecule has 0 aromatic heterocycles. The molecule has 0 unspecified atom stereocenters. The number of aliphatic carboxylic acids is 1. The van der Waals surface area contributed by atoms with Crippen LogP contribution in [0.5, 0.6) is 11.5 Å². The average molecular weight is 484 g/mol. The van der Waals surface area contributed by atoms with Crippen LogP contribution in [0.25, 0.3) is 21.9 Å². The van der Waals surface area contributed by atoms with Crippen molar-refractivity contribution < 1.29 is 28.2 Å². The highest BCUT2D eigenvalue weighted by atomic mass is 19.2. The number of methoxy groups -OCH3 is 2. The first kappa shape index (κ1) is 24.9. The largest absolute Gasteiger partial charge is 0.496 e. The van der Waals surface area contributed by atoms with Gasteiger partial charge in [0, 0.05) is 31.6 Å². The predicted octanol–water partition coefficient (Wildman–Crippen LogP) is 5.81. The first-order chi connectivity index (χ1) is 16.9. The maximum absolute atomic E-state index is 14.3. The van der Waals surface area contributed by atoms with E-state index in [1.807, 2.05) is 48.5 Å². The molecule has 1 N–H and O–H groups in total. The van der Waals surface area contributed by atoms with Crippen molar-refractivity contribution in [2.45, 2.75) is 37.9 Å². The molecule has 1 aliphatic heterocycles. The first-order valence-electron chi connectivity index (χ1n) is 11.8. The van der Waals surface area contributed by atoms with Crippen LogP contribution in [0.15, 0.2) is 48.5 Å². The van der Waals surface area contributed by atoms with Gasteiger partial charge in [-0.05, 0) is 47.2 Å². The zero-order valence-corrected chi connectivity index (χ0v) is 20.2. The number of hydrogen-bond acceptors (Lipinski definition) is 4. The summed E-state index contributed by atoms with van der Waals surface area (Å²) in [6.07, 6.45) is 0.854. The third-order valence-corrected chi connectivity index (χ3v) is 6.90. The Labute approximate surface area is 204 Å². The van der Waals surface area contributed by atoms with E-state index in [4.69, 9.17) is 14.6 Å². The minimum absolute atomic E-state index is 0.0594. The highest BCUT2D eigenvalue weighted by Crippen LogP contribution is 2.44. The van der Waals surface area contributed by atoms with E-state index in [1.54, 1.807) is 14.2 Å². The monoisotopic (exact) mass is 483 g/mol. The quantitative estimate of drug-likeness (QED) is 0.416. The fourth-order valence-electron chi connectivity index (χ4n) is 4.93. The van der Waals surface area contributed by atoms with Crippen LogP contribution in [0.4, 0.5) is 8.78 Å². The molecule has 0 bridgehead atoms. The lowest BCUT2D eigenvalue weighted by atomic mass is 9.91. The summed E-state index contributed by atoms with van der Waals surface area (Å²) in [4.78, 5) is 13.3. The van der Waals surface area contributed by atoms with Crippen LogP contribution in [-0.2, 0) is 17.8 Å². The molecule has 0 spiro atoms. The lowest BCUT2D eigenvalue weighted by Crippen LogP contribution is -2.42. The topological polar surface area (TPSA) is 59.0 Å². The summed E-state index contributed by atoms with van der Waals surface area (Å²) in [7, 11) is 3.24. The van der Waals surface area contributed by atoms with Gasteiger partial charge in [0.25, 0.3) is 0 Å². The van der Waals surface area contributed by atoms with Gasteiger partial charge in [-0.25, -0.2) is 8.78 Å². The number of carboxylic acids is 1. The molecule has 1 aliphatic rings. The highest BCUT2D eigenvalue weighted by Gasteiger charge is 2.35. The van der Waals surface area contributed by atoms with Gasteiger partial charge in [-0.2, -0.15) is 0 Å². The molecule has 3 aromatic carbocycles. The van der Waals surface area contributed by atoms with Crippen LogP contribution in [0, 0.1) is 0 Å². The van der Waals surface area contributed by atoms with Gasteiger partial charge >= 0.3 is 5.97 Å². The second-order valence-corrected chi connectivity index (χ2v) is 9.11. The third kappa shape index (κ3) is 5.25. The first-order valence-corrected chi connectivity index (χ1v) is 11.8. The summed E-state index contributed by atoms with van der Waals surface area (Å²) >= 11 is 0. The average Bonchev–Trinajstić information content (AvgIpc) is 2.88. The molecule has 0 amide bonds. The van der Waals surface area contributed by atoms with Crippen molar-refractivity contribution in [3.63, 3.8) is 0 Å². The number of halogens is 2. The standard InChI is InChI=1S/C28H31F2NO4/c1-34-24-11-9-20(17-31-15-13-28(30,18-29)14-16-31)27(35-2)26(24)23-8-4-6-21-19(10-12-25(32)33)5-3-7-22(21)23/h3-9,11H,10,12-18H2,1-2H3,(H,32,33). The van der Waals surface area contributed by atoms with Gasteiger partial charge in [-0.1, -0.05) is 42.5 Å². The maximum atomic E-state index is 14.3. The van der Waals surface area contributed by atoms with Gasteiger partial charge in [0.15, 0.2) is 0 Å². The zero-order valence-electron chi connectivity index (χ0n) is 20.2. The number of ether oxygens (including phenoxy) is 2. The number of benzene rings is 3. The lowest BCUT2D eigenvalue weighted by Gasteiger charge is -2.35. The Bertz CT molecular complexity index is 1210. The van der Waals surface area contributed by atoms with E-state index >= 15 is 0 Å². The number of carboxylic acid groups (broad SMARTS) is 1. The Morgan fingerprint density at radius 1 is 1.00 bits per heavy atom. The number of rotatable bonds is 9. The zero-order chi connectivity index (χ0) is 25.0. The second-order valence-electron chi connectivity index (χ2n) is 9.11. The van der Waals surface area contributed by atoms with Crippen LogP contribution < -0.4 is 9.47 Å². The van der Waals surface area contributed by atoms with Gasteiger partial charge in [0.05, 0.1) is 19.8 Å². The van der Waals surface area contributed by atoms with E-state index < -0.39 is 18.3 Å². The fourth-order valence-corrected chi connectivity index (χ4v) is 4.93. The number of likely N-dealkylation sites (tertiary alicyclic amines) is 1. The number of hydrogen-bond donors (Lipinski definition) is 1. The van der Waals surface area contributed by atoms with Crippen molar-refractivity contribution in [2.75, 3.05) is 34.0 Å². The Kier molecular flexibility index (Phi) is 7.55. The molecule has 4 rings (SSSR count). The molecule has 1 saturated heterocycles. The minimum atomic E-state index is -1.72. The van der Waals surface area contributed by atoms with Gasteiger partial charge in [-0.3, -0.25) is 9.69 Å². The molecule has 186 valence electrons. The van der Waals surface area contributed by atoms with Crippen LogP contribution in [0.1, 0.15) is 30.4 Å². The molecule has 0 saturated carbocycles. The van der Waals surface area contributed by atoms with Gasteiger partial charge in [0.2, 0.25) is 0 Å². The van der Waals surface area contributed by atoms with Crippen molar-refractivity contribution in [3.8, 4) is 22.6 Å². The fraction of sp³-hybridized carbons (Fsp3) is 0.393. The minimum Gasteiger partial charge on any atom is -0.496 e. The smallest absolute Gasteiger partial charge is 0.303 e. The molecule has 5 nitrogen and oxygen atoms in total. The molecule has 1 heterocycles. The van der Waals surface area contributed by atoms with Gasteiger partial charge in [-0.15, -0.1) is 0 Å². The molecule has 0 aliphatic carbocycles. The molecule has 3 aromatic rings. The van der Waals surface area contributed by atoms with E-state index in [0.29, 0.717) is 37.6 Å². The van der Waals surface area contributed by atoms with Crippen molar-refractivity contribution in [3.05, 3.63) is 59.7 Å². The normalized spacial score (nSPS) is 15.8. The van der Waals surface area contributed by atoms with Crippen molar-refractivity contribution in [1.29, 1.82) is 0 Å². The van der Waals surface area contributed by atoms with Crippen molar-refractivity contribution in [1.82, 2.24) is 4.90 Å². The van der Waals surface area contributed by atoms with Gasteiger partial charge < -0.3 is 14.6 Å². The van der Waals surface area contributed by atoms with E-state index in [9.17, 15) is 13.6 Å². The molecule has 0 radical (unpaired) electrons. The van der Waals surface area contributed by atoms with Crippen LogP contribution in [-0.4, -0.2) is 55.6 Å². The number of nitrogens with zero attached hydrogens (tertiary/aromatic N) is 1. The van der Waals surface area contributed by atoms with Crippen molar-refractivity contribution in [2.24, 2.45) is 0 Å². The number of carbonyl (C=O) groups is 1. The lowest BCUT2D eigenvalue weighted by molar-refractivity contribution is -0.136. The Balaban J connectivity index is 1.76. The summed E-state index contributed by atoms with van der Waals surface area (Å²) in [5, 5.41) is 11.1. The molecule has 35 heavy (non-hydrogen) atoms. The van der Waals surface area contributed by atoms with Crippen LogP contribution >= 0.6 is 0 Å². The number of aryl methyl sites for hydroxylation is 1. The van der Waals surface area contributed by atoms with Gasteiger partial charge in [0.1, 0.15) is 23.8 Å². The SMILES string of the molecule is COc1ccc(CN2CCC(F)(CF)CC2)c(OC)c1-c1cccc2c(CCC(=O)O)cccc12. The van der Waals surface area contributed by atoms with Crippen molar-refractivity contribution >= 4 is 16.7 Å². The molecule has 0 atom stereocenters. The summed E-state index contributed by atoms with van der Waals surface area (Å²) in [5.74, 6) is 0.506. The third-order valence-electron chi connectivity index (χ3n) is 6.90. The molecule has 1 fully saturated rings. The summed E-state index contributed by atoms with van der Waals surface area (Å²) in [6.45, 7) is 0.571. The van der Waals surface area contributed by atoms with E-state index in [0.717, 1.165) is 33.0 Å². The highest BCUT2D eigenvalue weighted by molar-refractivity contribution is 6.01. The number of piperidine rings is 1. The predicted molar refractivity (Wildman–Crippen MR) is 133 cm³/mol. The Morgan fingerprint density at radius 3 is 2.37 bits per heavy atom. The summed E-state index contributed by atoms with van der Waals surface area (Å²) < 4.78 is 39.0.